The molecule has 3 aromatic heterocycles. The monoisotopic (exact) mass is 720 g/mol. The van der Waals surface area contributed by atoms with Crippen LogP contribution in [0.5, 0.6) is 0 Å². The predicted molar refractivity (Wildman–Crippen MR) is 232 cm³/mol. The van der Waals surface area contributed by atoms with Crippen LogP contribution >= 0.6 is 0 Å². The normalized spacial score (nSPS) is 11.4. The van der Waals surface area contributed by atoms with Gasteiger partial charge in [0.1, 0.15) is 11.2 Å². The molecule has 0 aliphatic carbocycles. The Balaban J connectivity index is 0.00000189. The van der Waals surface area contributed by atoms with E-state index in [-0.39, 0.29) is 0 Å². The summed E-state index contributed by atoms with van der Waals surface area (Å²) < 4.78 is 8.65. The molecule has 0 fully saturated rings. The summed E-state index contributed by atoms with van der Waals surface area (Å²) >= 11 is 0. The van der Waals surface area contributed by atoms with E-state index in [1.807, 2.05) is 50.2 Å². The molecule has 0 N–H and O–H groups in total. The fraction of sp³-hybridized carbons (Fsp3) is 0.0392. The highest BCUT2D eigenvalue weighted by molar-refractivity contribution is 6.23. The maximum absolute atomic E-state index is 6.38. The molecule has 0 aliphatic rings. The Labute approximate surface area is 324 Å². The number of benzene rings is 8. The van der Waals surface area contributed by atoms with E-state index in [0.717, 1.165) is 87.9 Å². The minimum Gasteiger partial charge on any atom is -0.456 e. The van der Waals surface area contributed by atoms with Gasteiger partial charge in [-0.25, -0.2) is 4.98 Å². The van der Waals surface area contributed by atoms with Crippen LogP contribution < -0.4 is 0 Å². The Kier molecular flexibility index (Phi) is 8.19. The number of furan rings is 1. The molecule has 0 amide bonds. The van der Waals surface area contributed by atoms with E-state index in [0.29, 0.717) is 17.6 Å². The fourth-order valence-corrected chi connectivity index (χ4v) is 8.00. The number of fused-ring (bicyclic) bond motifs is 8. The molecule has 0 saturated heterocycles. The second-order valence-electron chi connectivity index (χ2n) is 13.6. The third-order valence-corrected chi connectivity index (χ3v) is 10.5. The van der Waals surface area contributed by atoms with Crippen molar-refractivity contribution in [2.24, 2.45) is 0 Å². The van der Waals surface area contributed by atoms with Crippen molar-refractivity contribution < 1.29 is 4.42 Å². The van der Waals surface area contributed by atoms with Crippen LogP contribution in [0.2, 0.25) is 0 Å². The lowest BCUT2D eigenvalue weighted by molar-refractivity contribution is 0.669. The van der Waals surface area contributed by atoms with Crippen molar-refractivity contribution in [3.63, 3.8) is 0 Å². The molecule has 11 rings (SSSR count). The van der Waals surface area contributed by atoms with Crippen LogP contribution in [-0.2, 0) is 0 Å². The topological polar surface area (TPSA) is 56.7 Å². The zero-order chi connectivity index (χ0) is 37.6. The van der Waals surface area contributed by atoms with Gasteiger partial charge in [0.15, 0.2) is 11.6 Å². The second kappa shape index (κ2) is 13.8. The number of para-hydroxylation sites is 2. The standard InChI is InChI=1S/C49H30N4O.C2H6/c1-3-13-31(14-4-1)32-25-27-35(28-26-32)48-50-47(34-16-5-2-6-17-34)51-49(52-48)53-45-36-18-8-7-15-33(36)29-30-40(45)39-22-11-21-38(46(39)53)37-20-12-24-43-44(37)41-19-9-10-23-42(41)54-43;1-2/h1-30H;1-2H3. The SMILES string of the molecule is CC.c1ccc(-c2ccc(-c3nc(-c4ccccc4)nc(-n4c5c(-c6cccc7oc8ccccc8c67)cccc5c5ccc6ccccc6c54)n3)cc2)cc1. The van der Waals surface area contributed by atoms with E-state index in [4.69, 9.17) is 19.4 Å². The molecule has 5 heteroatoms. The Hall–Kier alpha value is -7.37. The average Bonchev–Trinajstić information content (AvgIpc) is 3.84. The Morgan fingerprint density at radius 1 is 0.375 bits per heavy atom. The van der Waals surface area contributed by atoms with Gasteiger partial charge in [0.25, 0.3) is 0 Å². The fourth-order valence-electron chi connectivity index (χ4n) is 8.00. The first-order valence-electron chi connectivity index (χ1n) is 19.1. The molecule has 56 heavy (non-hydrogen) atoms. The average molecular weight is 721 g/mol. The number of nitrogens with zero attached hydrogens (tertiary/aromatic N) is 4. The van der Waals surface area contributed by atoms with Gasteiger partial charge in [-0.15, -0.1) is 0 Å². The smallest absolute Gasteiger partial charge is 0.238 e. The molecule has 0 aliphatic heterocycles. The summed E-state index contributed by atoms with van der Waals surface area (Å²) in [7, 11) is 0. The minimum atomic E-state index is 0.555. The molecule has 11 aromatic rings. The predicted octanol–water partition coefficient (Wildman–Crippen LogP) is 13.7. The van der Waals surface area contributed by atoms with Gasteiger partial charge in [-0.3, -0.25) is 4.57 Å². The van der Waals surface area contributed by atoms with E-state index in [1.54, 1.807) is 0 Å². The summed E-state index contributed by atoms with van der Waals surface area (Å²) in [6.07, 6.45) is 0. The maximum Gasteiger partial charge on any atom is 0.238 e. The van der Waals surface area contributed by atoms with Crippen LogP contribution in [0.3, 0.4) is 0 Å². The van der Waals surface area contributed by atoms with Crippen molar-refractivity contribution in [3.05, 3.63) is 182 Å². The first-order valence-corrected chi connectivity index (χ1v) is 19.1. The number of hydrogen-bond acceptors (Lipinski definition) is 4. The number of rotatable bonds is 5. The van der Waals surface area contributed by atoms with Gasteiger partial charge >= 0.3 is 0 Å². The Morgan fingerprint density at radius 3 is 1.68 bits per heavy atom. The van der Waals surface area contributed by atoms with Crippen molar-refractivity contribution in [2.75, 3.05) is 0 Å². The third kappa shape index (κ3) is 5.44. The van der Waals surface area contributed by atoms with Crippen LogP contribution in [0, 0.1) is 0 Å². The first-order chi connectivity index (χ1) is 27.8. The highest BCUT2D eigenvalue weighted by atomic mass is 16.3. The Bertz CT molecular complexity index is 3200. The van der Waals surface area contributed by atoms with Gasteiger partial charge in [0.05, 0.1) is 11.0 Å². The number of aromatic nitrogens is 4. The molecule has 0 spiro atoms. The molecule has 0 bridgehead atoms. The summed E-state index contributed by atoms with van der Waals surface area (Å²) in [5, 5.41) is 6.69. The first kappa shape index (κ1) is 33.2. The third-order valence-electron chi connectivity index (χ3n) is 10.5. The highest BCUT2D eigenvalue weighted by Gasteiger charge is 2.23. The van der Waals surface area contributed by atoms with Crippen molar-refractivity contribution >= 4 is 54.5 Å². The van der Waals surface area contributed by atoms with Crippen LogP contribution in [0.1, 0.15) is 13.8 Å². The molecule has 0 unspecified atom stereocenters. The minimum absolute atomic E-state index is 0.555. The van der Waals surface area contributed by atoms with Crippen LogP contribution in [0.4, 0.5) is 0 Å². The quantitative estimate of drug-likeness (QED) is 0.178. The van der Waals surface area contributed by atoms with Gasteiger partial charge in [0.2, 0.25) is 5.95 Å². The lowest BCUT2D eigenvalue weighted by Crippen LogP contribution is -2.07. The lowest BCUT2D eigenvalue weighted by Gasteiger charge is -2.14. The van der Waals surface area contributed by atoms with E-state index < -0.39 is 0 Å². The largest absolute Gasteiger partial charge is 0.456 e. The van der Waals surface area contributed by atoms with Gasteiger partial charge in [0, 0.05) is 43.6 Å². The van der Waals surface area contributed by atoms with Crippen molar-refractivity contribution in [3.8, 4) is 51.0 Å². The summed E-state index contributed by atoms with van der Waals surface area (Å²) in [4.78, 5) is 15.8. The van der Waals surface area contributed by atoms with E-state index in [9.17, 15) is 0 Å². The number of hydrogen-bond donors (Lipinski definition) is 0. The van der Waals surface area contributed by atoms with Crippen molar-refractivity contribution in [1.82, 2.24) is 19.5 Å². The molecule has 266 valence electrons. The summed E-state index contributed by atoms with van der Waals surface area (Å²) in [5.41, 5.74) is 10.1. The molecule has 8 aromatic carbocycles. The van der Waals surface area contributed by atoms with Crippen molar-refractivity contribution in [1.29, 1.82) is 0 Å². The Morgan fingerprint density at radius 2 is 0.911 bits per heavy atom. The molecule has 0 atom stereocenters. The van der Waals surface area contributed by atoms with Crippen molar-refractivity contribution in [2.45, 2.75) is 13.8 Å². The molecule has 0 saturated carbocycles. The van der Waals surface area contributed by atoms with Crippen LogP contribution in [-0.4, -0.2) is 19.5 Å². The molecular formula is C51H36N4O. The molecule has 5 nitrogen and oxygen atoms in total. The molecule has 3 heterocycles. The zero-order valence-electron chi connectivity index (χ0n) is 31.0. The van der Waals surface area contributed by atoms with Crippen LogP contribution in [0.15, 0.2) is 186 Å². The summed E-state index contributed by atoms with van der Waals surface area (Å²) in [5.74, 6) is 1.77. The van der Waals surface area contributed by atoms with E-state index in [1.165, 1.54) is 0 Å². The summed E-state index contributed by atoms with van der Waals surface area (Å²) in [6.45, 7) is 4.00. The van der Waals surface area contributed by atoms with Gasteiger partial charge in [-0.2, -0.15) is 9.97 Å². The maximum atomic E-state index is 6.38. The van der Waals surface area contributed by atoms with Gasteiger partial charge < -0.3 is 4.42 Å². The van der Waals surface area contributed by atoms with Gasteiger partial charge in [-0.05, 0) is 34.2 Å². The van der Waals surface area contributed by atoms with Crippen LogP contribution in [0.25, 0.3) is 105 Å². The molecular weight excluding hydrogens is 685 g/mol. The highest BCUT2D eigenvalue weighted by Crippen LogP contribution is 2.44. The molecule has 0 radical (unpaired) electrons. The van der Waals surface area contributed by atoms with E-state index >= 15 is 0 Å². The second-order valence-corrected chi connectivity index (χ2v) is 13.6. The lowest BCUT2D eigenvalue weighted by atomic mass is 9.97. The van der Waals surface area contributed by atoms with E-state index in [2.05, 4.69) is 150 Å². The summed E-state index contributed by atoms with van der Waals surface area (Å²) in [6, 6.07) is 63.2. The zero-order valence-corrected chi connectivity index (χ0v) is 31.0. The van der Waals surface area contributed by atoms with Gasteiger partial charge in [-0.1, -0.05) is 184 Å².